The maximum atomic E-state index is 12.8. The van der Waals surface area contributed by atoms with Gasteiger partial charge >= 0.3 is 5.97 Å². The number of carbonyl (C=O) groups is 2. The predicted octanol–water partition coefficient (Wildman–Crippen LogP) is 3.93. The van der Waals surface area contributed by atoms with Gasteiger partial charge in [0.05, 0.1) is 29.1 Å². The van der Waals surface area contributed by atoms with Gasteiger partial charge in [-0.15, -0.1) is 0 Å². The number of aryl methyl sites for hydroxylation is 2. The Morgan fingerprint density at radius 3 is 2.33 bits per heavy atom. The summed E-state index contributed by atoms with van der Waals surface area (Å²) in [6, 6.07) is 8.54. The zero-order valence-electron chi connectivity index (χ0n) is 17.5. The van der Waals surface area contributed by atoms with Crippen LogP contribution in [0.3, 0.4) is 0 Å². The fourth-order valence-corrected chi connectivity index (χ4v) is 4.31. The first-order valence-electron chi connectivity index (χ1n) is 9.30. The van der Waals surface area contributed by atoms with Crippen LogP contribution in [0.1, 0.15) is 35.3 Å². The van der Waals surface area contributed by atoms with Crippen LogP contribution in [-0.4, -0.2) is 39.2 Å². The molecule has 1 atom stereocenters. The average Bonchev–Trinajstić information content (AvgIpc) is 2.63. The minimum atomic E-state index is -3.73. The lowest BCUT2D eigenvalue weighted by Crippen LogP contribution is -2.45. The number of rotatable bonds is 7. The zero-order valence-corrected chi connectivity index (χ0v) is 19.1. The highest BCUT2D eigenvalue weighted by Crippen LogP contribution is 2.26. The van der Waals surface area contributed by atoms with Crippen LogP contribution in [0, 0.1) is 13.8 Å². The Balaban J connectivity index is 2.28. The molecule has 0 heterocycles. The third-order valence-electron chi connectivity index (χ3n) is 4.57. The second-order valence-corrected chi connectivity index (χ2v) is 9.17. The SMILES string of the molecule is CCOC(=O)c1ccc(NC(=O)C(C)N(c2ccc(C)c(C)c2)S(C)(=O)=O)cc1Cl. The van der Waals surface area contributed by atoms with Gasteiger partial charge in [-0.1, -0.05) is 17.7 Å². The van der Waals surface area contributed by atoms with Crippen LogP contribution in [0.4, 0.5) is 11.4 Å². The number of hydrogen-bond acceptors (Lipinski definition) is 5. The summed E-state index contributed by atoms with van der Waals surface area (Å²) >= 11 is 6.13. The van der Waals surface area contributed by atoms with Crippen LogP contribution in [-0.2, 0) is 19.6 Å². The molecule has 0 radical (unpaired) electrons. The summed E-state index contributed by atoms with van der Waals surface area (Å²) in [5.41, 5.74) is 2.84. The minimum absolute atomic E-state index is 0.119. The van der Waals surface area contributed by atoms with Crippen LogP contribution in [0.25, 0.3) is 0 Å². The van der Waals surface area contributed by atoms with Crippen molar-refractivity contribution in [3.05, 3.63) is 58.1 Å². The fraction of sp³-hybridized carbons (Fsp3) is 0.333. The summed E-state index contributed by atoms with van der Waals surface area (Å²) in [6.07, 6.45) is 1.05. The van der Waals surface area contributed by atoms with Gasteiger partial charge in [-0.25, -0.2) is 13.2 Å². The Morgan fingerprint density at radius 1 is 1.13 bits per heavy atom. The number of esters is 1. The Kier molecular flexibility index (Phi) is 7.49. The standard InChI is InChI=1S/C21H25ClN2O5S/c1-6-29-21(26)18-10-8-16(12-19(18)22)23-20(25)15(4)24(30(5,27)28)17-9-7-13(2)14(3)11-17/h7-12,15H,6H2,1-5H3,(H,23,25). The number of amides is 1. The van der Waals surface area contributed by atoms with Crippen molar-refractivity contribution < 1.29 is 22.7 Å². The van der Waals surface area contributed by atoms with Crippen molar-refractivity contribution in [2.45, 2.75) is 33.7 Å². The predicted molar refractivity (Wildman–Crippen MR) is 119 cm³/mol. The maximum absolute atomic E-state index is 12.8. The van der Waals surface area contributed by atoms with E-state index in [0.29, 0.717) is 11.4 Å². The monoisotopic (exact) mass is 452 g/mol. The molecule has 0 aliphatic carbocycles. The van der Waals surface area contributed by atoms with E-state index in [1.165, 1.54) is 25.1 Å². The molecule has 162 valence electrons. The normalized spacial score (nSPS) is 12.2. The highest BCUT2D eigenvalue weighted by molar-refractivity contribution is 7.92. The van der Waals surface area contributed by atoms with Gasteiger partial charge in [-0.05, 0) is 69.2 Å². The number of halogens is 1. The van der Waals surface area contributed by atoms with Crippen molar-refractivity contribution >= 4 is 44.9 Å². The van der Waals surface area contributed by atoms with Crippen molar-refractivity contribution in [1.29, 1.82) is 0 Å². The summed E-state index contributed by atoms with van der Waals surface area (Å²) < 4.78 is 30.9. The van der Waals surface area contributed by atoms with Gasteiger partial charge in [0, 0.05) is 5.69 Å². The number of benzene rings is 2. The molecular weight excluding hydrogens is 428 g/mol. The van der Waals surface area contributed by atoms with E-state index in [1.54, 1.807) is 25.1 Å². The van der Waals surface area contributed by atoms with Crippen LogP contribution >= 0.6 is 11.6 Å². The zero-order chi connectivity index (χ0) is 22.6. The Morgan fingerprint density at radius 2 is 1.80 bits per heavy atom. The molecule has 30 heavy (non-hydrogen) atoms. The maximum Gasteiger partial charge on any atom is 0.339 e. The molecule has 0 saturated heterocycles. The highest BCUT2D eigenvalue weighted by atomic mass is 35.5. The molecule has 0 fully saturated rings. The van der Waals surface area contributed by atoms with E-state index in [-0.39, 0.29) is 17.2 Å². The molecule has 2 aromatic carbocycles. The Labute approximate surface area is 182 Å². The van der Waals surface area contributed by atoms with E-state index in [2.05, 4.69) is 5.32 Å². The third kappa shape index (κ3) is 5.52. The first-order valence-corrected chi connectivity index (χ1v) is 11.5. The largest absolute Gasteiger partial charge is 0.462 e. The van der Waals surface area contributed by atoms with E-state index in [1.807, 2.05) is 13.8 Å². The second kappa shape index (κ2) is 9.49. The number of hydrogen-bond donors (Lipinski definition) is 1. The number of carbonyl (C=O) groups excluding carboxylic acids is 2. The van der Waals surface area contributed by atoms with E-state index >= 15 is 0 Å². The van der Waals surface area contributed by atoms with Gasteiger partial charge in [-0.2, -0.15) is 0 Å². The molecule has 7 nitrogen and oxygen atoms in total. The quantitative estimate of drug-likeness (QED) is 0.642. The van der Waals surface area contributed by atoms with E-state index < -0.39 is 27.9 Å². The van der Waals surface area contributed by atoms with Crippen molar-refractivity contribution in [3.8, 4) is 0 Å². The van der Waals surface area contributed by atoms with Gasteiger partial charge in [0.1, 0.15) is 6.04 Å². The number of sulfonamides is 1. The van der Waals surface area contributed by atoms with Gasteiger partial charge in [-0.3, -0.25) is 9.10 Å². The third-order valence-corrected chi connectivity index (χ3v) is 6.12. The summed E-state index contributed by atoms with van der Waals surface area (Å²) in [7, 11) is -3.73. The molecule has 1 amide bonds. The van der Waals surface area contributed by atoms with Crippen LogP contribution in [0.2, 0.25) is 5.02 Å². The number of nitrogens with zero attached hydrogens (tertiary/aromatic N) is 1. The topological polar surface area (TPSA) is 92.8 Å². The van der Waals surface area contributed by atoms with E-state index in [9.17, 15) is 18.0 Å². The first-order chi connectivity index (χ1) is 14.0. The van der Waals surface area contributed by atoms with Gasteiger partial charge < -0.3 is 10.1 Å². The molecule has 0 aliphatic rings. The summed E-state index contributed by atoms with van der Waals surface area (Å²) in [6.45, 7) is 7.19. The molecular formula is C21H25ClN2O5S. The lowest BCUT2D eigenvalue weighted by atomic mass is 10.1. The smallest absolute Gasteiger partial charge is 0.339 e. The van der Waals surface area contributed by atoms with Crippen LogP contribution < -0.4 is 9.62 Å². The lowest BCUT2D eigenvalue weighted by Gasteiger charge is -2.28. The summed E-state index contributed by atoms with van der Waals surface area (Å²) in [5, 5.41) is 2.77. The summed E-state index contributed by atoms with van der Waals surface area (Å²) in [5.74, 6) is -1.11. The molecule has 2 aromatic rings. The Hall–Kier alpha value is -2.58. The number of anilines is 2. The van der Waals surface area contributed by atoms with Crippen molar-refractivity contribution in [2.24, 2.45) is 0 Å². The minimum Gasteiger partial charge on any atom is -0.462 e. The van der Waals surface area contributed by atoms with Crippen molar-refractivity contribution in [2.75, 3.05) is 22.5 Å². The van der Waals surface area contributed by atoms with Crippen LogP contribution in [0.15, 0.2) is 36.4 Å². The summed E-state index contributed by atoms with van der Waals surface area (Å²) in [4.78, 5) is 24.7. The van der Waals surface area contributed by atoms with Gasteiger partial charge in [0.15, 0.2) is 0 Å². The first kappa shape index (κ1) is 23.7. The molecule has 1 N–H and O–H groups in total. The molecule has 2 rings (SSSR count). The molecule has 9 heteroatoms. The number of ether oxygens (including phenoxy) is 1. The average molecular weight is 453 g/mol. The lowest BCUT2D eigenvalue weighted by molar-refractivity contribution is -0.116. The van der Waals surface area contributed by atoms with E-state index in [0.717, 1.165) is 21.7 Å². The molecule has 0 bridgehead atoms. The second-order valence-electron chi connectivity index (χ2n) is 6.91. The fourth-order valence-electron chi connectivity index (χ4n) is 2.89. The molecule has 0 saturated carbocycles. The molecule has 0 aliphatic heterocycles. The molecule has 0 spiro atoms. The van der Waals surface area contributed by atoms with Crippen molar-refractivity contribution in [3.63, 3.8) is 0 Å². The molecule has 1 unspecified atom stereocenters. The van der Waals surface area contributed by atoms with E-state index in [4.69, 9.17) is 16.3 Å². The van der Waals surface area contributed by atoms with Gasteiger partial charge in [0.25, 0.3) is 0 Å². The number of nitrogens with one attached hydrogen (secondary N) is 1. The van der Waals surface area contributed by atoms with Crippen molar-refractivity contribution in [1.82, 2.24) is 0 Å². The van der Waals surface area contributed by atoms with Gasteiger partial charge in [0.2, 0.25) is 15.9 Å². The Bertz CT molecular complexity index is 1070. The molecule has 0 aromatic heterocycles. The van der Waals surface area contributed by atoms with Crippen LogP contribution in [0.5, 0.6) is 0 Å². The highest BCUT2D eigenvalue weighted by Gasteiger charge is 2.29.